The fourth-order valence-corrected chi connectivity index (χ4v) is 1.74. The summed E-state index contributed by atoms with van der Waals surface area (Å²) in [5.74, 6) is -0.759. The molecule has 5 heteroatoms. The lowest BCUT2D eigenvalue weighted by Gasteiger charge is -2.23. The molecule has 5 nitrogen and oxygen atoms in total. The van der Waals surface area contributed by atoms with Gasteiger partial charge in [0.2, 0.25) is 0 Å². The first kappa shape index (κ1) is 17.7. The summed E-state index contributed by atoms with van der Waals surface area (Å²) < 4.78 is 5.07. The van der Waals surface area contributed by atoms with Crippen molar-refractivity contribution in [3.05, 3.63) is 0 Å². The number of aliphatic carboxylic acids is 1. The second kappa shape index (κ2) is 8.02. The number of amides is 1. The predicted octanol–water partition coefficient (Wildman–Crippen LogP) is 3.18. The number of hydrogen-bond acceptors (Lipinski definition) is 3. The van der Waals surface area contributed by atoms with Gasteiger partial charge in [-0.2, -0.15) is 0 Å². The van der Waals surface area contributed by atoms with Crippen molar-refractivity contribution in [1.29, 1.82) is 0 Å². The largest absolute Gasteiger partial charge is 0.480 e. The van der Waals surface area contributed by atoms with E-state index < -0.39 is 23.7 Å². The van der Waals surface area contributed by atoms with Gasteiger partial charge in [-0.05, 0) is 33.1 Å². The average Bonchev–Trinajstić information content (AvgIpc) is 2.22. The summed E-state index contributed by atoms with van der Waals surface area (Å²) in [5.41, 5.74) is -0.624. The van der Waals surface area contributed by atoms with Gasteiger partial charge in [-0.15, -0.1) is 0 Å². The van der Waals surface area contributed by atoms with Crippen molar-refractivity contribution >= 4 is 12.1 Å². The van der Waals surface area contributed by atoms with Crippen LogP contribution in [-0.2, 0) is 9.53 Å². The molecule has 0 radical (unpaired) electrons. The number of ether oxygens (including phenoxy) is 1. The van der Waals surface area contributed by atoms with Crippen LogP contribution in [0.4, 0.5) is 4.79 Å². The molecule has 112 valence electrons. The van der Waals surface area contributed by atoms with Gasteiger partial charge < -0.3 is 15.2 Å². The Morgan fingerprint density at radius 1 is 1.32 bits per heavy atom. The zero-order valence-corrected chi connectivity index (χ0v) is 12.7. The Hall–Kier alpha value is -1.26. The highest BCUT2D eigenvalue weighted by Gasteiger charge is 2.25. The lowest BCUT2D eigenvalue weighted by atomic mass is 9.96. The summed E-state index contributed by atoms with van der Waals surface area (Å²) in [6.45, 7) is 9.33. The summed E-state index contributed by atoms with van der Waals surface area (Å²) in [6.07, 6.45) is 2.87. The van der Waals surface area contributed by atoms with Gasteiger partial charge in [0.25, 0.3) is 0 Å². The van der Waals surface area contributed by atoms with Crippen molar-refractivity contribution in [3.8, 4) is 0 Å². The molecule has 0 unspecified atom stereocenters. The third kappa shape index (κ3) is 9.33. The minimum atomic E-state index is -1.02. The minimum Gasteiger partial charge on any atom is -0.480 e. The van der Waals surface area contributed by atoms with E-state index in [0.717, 1.165) is 19.3 Å². The topological polar surface area (TPSA) is 75.6 Å². The molecule has 0 aromatic carbocycles. The number of carboxylic acid groups (broad SMARTS) is 1. The van der Waals surface area contributed by atoms with Crippen LogP contribution in [0.25, 0.3) is 0 Å². The first-order chi connectivity index (χ1) is 8.65. The Kier molecular flexibility index (Phi) is 7.49. The summed E-state index contributed by atoms with van der Waals surface area (Å²) in [6, 6.07) is -0.887. The maximum Gasteiger partial charge on any atom is 0.408 e. The molecule has 0 aromatic rings. The van der Waals surface area contributed by atoms with Crippen molar-refractivity contribution in [2.24, 2.45) is 5.92 Å². The maximum absolute atomic E-state index is 11.6. The summed E-state index contributed by atoms with van der Waals surface area (Å²) >= 11 is 0. The molecule has 0 aromatic heterocycles. The molecule has 0 heterocycles. The zero-order chi connectivity index (χ0) is 15.1. The van der Waals surface area contributed by atoms with Crippen molar-refractivity contribution in [2.75, 3.05) is 0 Å². The number of nitrogens with one attached hydrogen (secondary N) is 1. The van der Waals surface area contributed by atoms with E-state index in [0.29, 0.717) is 6.42 Å². The molecule has 0 aliphatic rings. The van der Waals surface area contributed by atoms with Crippen LogP contribution >= 0.6 is 0 Å². The number of carboxylic acids is 1. The Morgan fingerprint density at radius 2 is 1.89 bits per heavy atom. The zero-order valence-electron chi connectivity index (χ0n) is 12.7. The number of rotatable bonds is 7. The van der Waals surface area contributed by atoms with Crippen molar-refractivity contribution in [3.63, 3.8) is 0 Å². The SMILES string of the molecule is CCCC[C@@H](C)C[C@H](NC(=O)OC(C)(C)C)C(=O)O. The summed E-state index contributed by atoms with van der Waals surface area (Å²) in [4.78, 5) is 22.7. The Bertz CT molecular complexity index is 296. The second-order valence-corrected chi connectivity index (χ2v) is 6.02. The highest BCUT2D eigenvalue weighted by atomic mass is 16.6. The normalized spacial score (nSPS) is 14.6. The van der Waals surface area contributed by atoms with E-state index in [2.05, 4.69) is 12.2 Å². The number of hydrogen-bond donors (Lipinski definition) is 2. The van der Waals surface area contributed by atoms with Crippen LogP contribution in [0.15, 0.2) is 0 Å². The molecule has 0 aliphatic carbocycles. The molecule has 2 N–H and O–H groups in total. The highest BCUT2D eigenvalue weighted by Crippen LogP contribution is 2.15. The smallest absolute Gasteiger partial charge is 0.408 e. The van der Waals surface area contributed by atoms with Crippen molar-refractivity contribution in [1.82, 2.24) is 5.32 Å². The fraction of sp³-hybridized carbons (Fsp3) is 0.857. The monoisotopic (exact) mass is 273 g/mol. The maximum atomic E-state index is 11.6. The molecule has 0 bridgehead atoms. The molecule has 0 aliphatic heterocycles. The quantitative estimate of drug-likeness (QED) is 0.747. The number of carbonyl (C=O) groups is 2. The van der Waals surface area contributed by atoms with Crippen molar-refractivity contribution in [2.45, 2.75) is 71.9 Å². The minimum absolute atomic E-state index is 0.260. The summed E-state index contributed by atoms with van der Waals surface area (Å²) in [5, 5.41) is 11.5. The third-order valence-corrected chi connectivity index (χ3v) is 2.68. The van der Waals surface area contributed by atoms with Crippen LogP contribution in [0.5, 0.6) is 0 Å². The van der Waals surface area contributed by atoms with Crippen molar-refractivity contribution < 1.29 is 19.4 Å². The second-order valence-electron chi connectivity index (χ2n) is 6.02. The lowest BCUT2D eigenvalue weighted by molar-refractivity contribution is -0.140. The van der Waals surface area contributed by atoms with E-state index in [1.165, 1.54) is 0 Å². The molecule has 1 amide bonds. The molecule has 19 heavy (non-hydrogen) atoms. The molecule has 0 saturated heterocycles. The van der Waals surface area contributed by atoms with Gasteiger partial charge in [0.15, 0.2) is 0 Å². The Balaban J connectivity index is 4.34. The van der Waals surface area contributed by atoms with Crippen LogP contribution in [0.3, 0.4) is 0 Å². The van der Waals surface area contributed by atoms with Gasteiger partial charge >= 0.3 is 12.1 Å². The molecular formula is C14H27NO4. The van der Waals surface area contributed by atoms with E-state index >= 15 is 0 Å². The number of unbranched alkanes of at least 4 members (excludes halogenated alkanes) is 1. The van der Waals surface area contributed by atoms with E-state index in [9.17, 15) is 9.59 Å². The van der Waals surface area contributed by atoms with Gasteiger partial charge in [0, 0.05) is 0 Å². The van der Waals surface area contributed by atoms with Crippen LogP contribution in [0, 0.1) is 5.92 Å². The van der Waals surface area contributed by atoms with Crippen LogP contribution in [0.2, 0.25) is 0 Å². The highest BCUT2D eigenvalue weighted by molar-refractivity contribution is 5.79. The molecule has 0 saturated carbocycles. The van der Waals surface area contributed by atoms with Crippen LogP contribution in [0.1, 0.15) is 60.3 Å². The first-order valence-electron chi connectivity index (χ1n) is 6.88. The first-order valence-corrected chi connectivity index (χ1v) is 6.88. The predicted molar refractivity (Wildman–Crippen MR) is 74.1 cm³/mol. The molecular weight excluding hydrogens is 246 g/mol. The Labute approximate surface area is 115 Å². The number of carbonyl (C=O) groups excluding carboxylic acids is 1. The van der Waals surface area contributed by atoms with Gasteiger partial charge in [0.1, 0.15) is 11.6 Å². The van der Waals surface area contributed by atoms with E-state index in [1.54, 1.807) is 20.8 Å². The molecule has 0 spiro atoms. The van der Waals surface area contributed by atoms with Gasteiger partial charge in [-0.25, -0.2) is 9.59 Å². The third-order valence-electron chi connectivity index (χ3n) is 2.68. The van der Waals surface area contributed by atoms with E-state index in [-0.39, 0.29) is 5.92 Å². The molecule has 2 atom stereocenters. The van der Waals surface area contributed by atoms with Gasteiger partial charge in [-0.3, -0.25) is 0 Å². The standard InChI is InChI=1S/C14H27NO4/c1-6-7-8-10(2)9-11(12(16)17)15-13(18)19-14(3,4)5/h10-11H,6-9H2,1-5H3,(H,15,18)(H,16,17)/t10-,11+/m1/s1. The Morgan fingerprint density at radius 3 is 2.32 bits per heavy atom. The van der Waals surface area contributed by atoms with Gasteiger partial charge in [-0.1, -0.05) is 33.1 Å². The number of alkyl carbamates (subject to hydrolysis) is 1. The van der Waals surface area contributed by atoms with Gasteiger partial charge in [0.05, 0.1) is 0 Å². The van der Waals surface area contributed by atoms with E-state index in [1.807, 2.05) is 6.92 Å². The fourth-order valence-electron chi connectivity index (χ4n) is 1.74. The summed E-state index contributed by atoms with van der Waals surface area (Å²) in [7, 11) is 0. The molecule has 0 fully saturated rings. The average molecular weight is 273 g/mol. The van der Waals surface area contributed by atoms with Crippen LogP contribution < -0.4 is 5.32 Å². The molecule has 0 rings (SSSR count). The lowest BCUT2D eigenvalue weighted by Crippen LogP contribution is -2.44. The van der Waals surface area contributed by atoms with E-state index in [4.69, 9.17) is 9.84 Å². The van der Waals surface area contributed by atoms with Crippen LogP contribution in [-0.4, -0.2) is 28.8 Å².